The van der Waals surface area contributed by atoms with Gasteiger partial charge in [-0.05, 0) is 37.1 Å². The van der Waals surface area contributed by atoms with E-state index in [1.54, 1.807) is 16.8 Å². The zero-order chi connectivity index (χ0) is 19.8. The Balaban J connectivity index is 1.87. The number of aryl methyl sites for hydroxylation is 1. The smallest absolute Gasteiger partial charge is 0.238 e. The van der Waals surface area contributed by atoms with Crippen LogP contribution in [0.2, 0.25) is 0 Å². The minimum absolute atomic E-state index is 0.0859. The highest BCUT2D eigenvalue weighted by atomic mass is 32.2. The summed E-state index contributed by atoms with van der Waals surface area (Å²) in [6, 6.07) is 16.3. The number of carbonyl (C=O) groups excluding carboxylic acids is 2. The maximum Gasteiger partial charge on any atom is 0.238 e. The number of aromatic nitrogens is 2. The predicted octanol–water partition coefficient (Wildman–Crippen LogP) is 2.71. The first-order chi connectivity index (χ1) is 13.5. The first kappa shape index (κ1) is 18.3. The largest absolute Gasteiger partial charge is 0.545 e. The van der Waals surface area contributed by atoms with E-state index in [4.69, 9.17) is 0 Å². The number of carbonyl (C=O) groups is 2. The summed E-state index contributed by atoms with van der Waals surface area (Å²) in [5.74, 6) is -0.643. The van der Waals surface area contributed by atoms with Crippen molar-refractivity contribution in [2.24, 2.45) is 0 Å². The van der Waals surface area contributed by atoms with Crippen LogP contribution in [0.3, 0.4) is 0 Å². The fourth-order valence-electron chi connectivity index (χ4n) is 3.32. The zero-order valence-electron chi connectivity index (χ0n) is 15.4. The molecular weight excluding hydrogens is 374 g/mol. The molecule has 0 saturated heterocycles. The Hall–Kier alpha value is -3.06. The van der Waals surface area contributed by atoms with Crippen molar-refractivity contribution < 1.29 is 14.7 Å². The molecule has 0 aliphatic carbocycles. The van der Waals surface area contributed by atoms with Crippen molar-refractivity contribution in [2.45, 2.75) is 24.3 Å². The van der Waals surface area contributed by atoms with Crippen LogP contribution in [-0.4, -0.2) is 26.9 Å². The first-order valence-electron chi connectivity index (χ1n) is 8.88. The third-order valence-corrected chi connectivity index (χ3v) is 6.17. The lowest BCUT2D eigenvalue weighted by Gasteiger charge is -2.18. The fourth-order valence-corrected chi connectivity index (χ4v) is 4.64. The Kier molecular flexibility index (Phi) is 4.68. The molecule has 0 unspecified atom stereocenters. The molecule has 6 nitrogen and oxygen atoms in total. The molecule has 4 rings (SSSR count). The Labute approximate surface area is 166 Å². The summed E-state index contributed by atoms with van der Waals surface area (Å²) in [7, 11) is 0. The number of nitrogens with one attached hydrogen (secondary N) is 1. The lowest BCUT2D eigenvalue weighted by molar-refractivity contribution is -0.255. The van der Waals surface area contributed by atoms with Gasteiger partial charge in [-0.3, -0.25) is 4.79 Å². The molecule has 2 atom stereocenters. The normalized spacial score (nSPS) is 18.9. The zero-order valence-corrected chi connectivity index (χ0v) is 16.2. The van der Waals surface area contributed by atoms with Crippen LogP contribution in [0.5, 0.6) is 0 Å². The van der Waals surface area contributed by atoms with Gasteiger partial charge in [-0.1, -0.05) is 42.5 Å². The van der Waals surface area contributed by atoms with Gasteiger partial charge in [-0.25, -0.2) is 4.68 Å². The molecular formula is C21H18N3O3S-. The number of anilines is 1. The standard InChI is InChI=1S/C21H19N3O3S/c1-12-17-18(14-8-10-15(11-9-14)21(26)27)28-13(2)20(25)22-19(17)24(23-12)16-6-4-3-5-7-16/h3-11,13,18H,1-2H3,(H,22,25)(H,26,27)/p-1/t13-,18-/m0/s1. The number of hydrogen-bond acceptors (Lipinski definition) is 5. The van der Waals surface area contributed by atoms with Crippen molar-refractivity contribution in [3.8, 4) is 5.69 Å². The number of benzene rings is 2. The van der Waals surface area contributed by atoms with Crippen LogP contribution >= 0.6 is 11.8 Å². The van der Waals surface area contributed by atoms with Gasteiger partial charge in [0.25, 0.3) is 0 Å². The summed E-state index contributed by atoms with van der Waals surface area (Å²) in [6.45, 7) is 3.79. The molecule has 3 aromatic rings. The van der Waals surface area contributed by atoms with Gasteiger partial charge in [0.1, 0.15) is 5.82 Å². The van der Waals surface area contributed by atoms with Crippen LogP contribution in [0.25, 0.3) is 5.69 Å². The molecule has 1 N–H and O–H groups in total. The summed E-state index contributed by atoms with van der Waals surface area (Å²) in [4.78, 5) is 23.7. The van der Waals surface area contributed by atoms with E-state index in [9.17, 15) is 14.7 Å². The average molecular weight is 392 g/mol. The highest BCUT2D eigenvalue weighted by molar-refractivity contribution is 8.01. The number of para-hydroxylation sites is 1. The Bertz CT molecular complexity index is 1040. The van der Waals surface area contributed by atoms with E-state index in [1.807, 2.05) is 44.2 Å². The van der Waals surface area contributed by atoms with Crippen molar-refractivity contribution in [1.82, 2.24) is 9.78 Å². The fraction of sp³-hybridized carbons (Fsp3) is 0.190. The SMILES string of the molecule is Cc1nn(-c2ccccc2)c2c1[C@H](c1ccc(C(=O)[O-])cc1)S[C@@H](C)C(=O)N2. The van der Waals surface area contributed by atoms with Gasteiger partial charge >= 0.3 is 0 Å². The van der Waals surface area contributed by atoms with E-state index < -0.39 is 5.97 Å². The van der Waals surface area contributed by atoms with Crippen LogP contribution in [0, 0.1) is 6.92 Å². The molecule has 7 heteroatoms. The van der Waals surface area contributed by atoms with E-state index >= 15 is 0 Å². The number of carboxylic acid groups (broad SMARTS) is 1. The predicted molar refractivity (Wildman–Crippen MR) is 107 cm³/mol. The maximum absolute atomic E-state index is 12.6. The van der Waals surface area contributed by atoms with Crippen LogP contribution < -0.4 is 10.4 Å². The van der Waals surface area contributed by atoms with Crippen LogP contribution in [0.4, 0.5) is 5.82 Å². The molecule has 0 fully saturated rings. The Morgan fingerprint density at radius 1 is 1.14 bits per heavy atom. The monoisotopic (exact) mass is 392 g/mol. The number of aromatic carboxylic acids is 1. The highest BCUT2D eigenvalue weighted by Crippen LogP contribution is 2.46. The number of fused-ring (bicyclic) bond motifs is 1. The molecule has 2 aromatic carbocycles. The topological polar surface area (TPSA) is 87.1 Å². The molecule has 1 aliphatic rings. The molecule has 1 aliphatic heterocycles. The maximum atomic E-state index is 12.6. The van der Waals surface area contributed by atoms with Crippen molar-refractivity contribution in [2.75, 3.05) is 5.32 Å². The molecule has 1 amide bonds. The van der Waals surface area contributed by atoms with Gasteiger partial charge in [-0.15, -0.1) is 11.8 Å². The average Bonchev–Trinajstić information content (AvgIpc) is 2.95. The molecule has 142 valence electrons. The molecule has 2 heterocycles. The minimum atomic E-state index is -1.21. The molecule has 1 aromatic heterocycles. The van der Waals surface area contributed by atoms with E-state index in [0.717, 1.165) is 22.5 Å². The van der Waals surface area contributed by atoms with Crippen LogP contribution in [0.15, 0.2) is 54.6 Å². The lowest BCUT2D eigenvalue weighted by atomic mass is 10.0. The number of nitrogens with zero attached hydrogens (tertiary/aromatic N) is 2. The highest BCUT2D eigenvalue weighted by Gasteiger charge is 2.33. The second-order valence-electron chi connectivity index (χ2n) is 6.65. The molecule has 0 bridgehead atoms. The summed E-state index contributed by atoms with van der Waals surface area (Å²) >= 11 is 1.52. The number of hydrogen-bond donors (Lipinski definition) is 1. The molecule has 28 heavy (non-hydrogen) atoms. The number of thioether (sulfide) groups is 1. The second-order valence-corrected chi connectivity index (χ2v) is 8.10. The molecule has 0 spiro atoms. The number of amides is 1. The second kappa shape index (κ2) is 7.16. The summed E-state index contributed by atoms with van der Waals surface area (Å²) < 4.78 is 1.75. The number of carboxylic acids is 1. The van der Waals surface area contributed by atoms with Crippen molar-refractivity contribution in [3.05, 3.63) is 77.0 Å². The quantitative estimate of drug-likeness (QED) is 0.741. The van der Waals surface area contributed by atoms with Gasteiger partial charge in [0.2, 0.25) is 5.91 Å². The first-order valence-corrected chi connectivity index (χ1v) is 9.82. The molecule has 0 saturated carbocycles. The third-order valence-electron chi connectivity index (χ3n) is 4.77. The minimum Gasteiger partial charge on any atom is -0.545 e. The Morgan fingerprint density at radius 3 is 2.46 bits per heavy atom. The van der Waals surface area contributed by atoms with Gasteiger partial charge in [0.15, 0.2) is 0 Å². The Morgan fingerprint density at radius 2 is 1.82 bits per heavy atom. The van der Waals surface area contributed by atoms with E-state index in [1.165, 1.54) is 23.9 Å². The van der Waals surface area contributed by atoms with Gasteiger partial charge in [0, 0.05) is 5.56 Å². The summed E-state index contributed by atoms with van der Waals surface area (Å²) in [5.41, 5.74) is 3.64. The van der Waals surface area contributed by atoms with Gasteiger partial charge in [-0.2, -0.15) is 5.10 Å². The van der Waals surface area contributed by atoms with Crippen LogP contribution in [-0.2, 0) is 4.79 Å². The lowest BCUT2D eigenvalue weighted by Crippen LogP contribution is -2.22. The van der Waals surface area contributed by atoms with E-state index in [0.29, 0.717) is 5.82 Å². The van der Waals surface area contributed by atoms with E-state index in [-0.39, 0.29) is 22.0 Å². The van der Waals surface area contributed by atoms with Gasteiger partial charge in [0.05, 0.1) is 27.9 Å². The third kappa shape index (κ3) is 3.18. The van der Waals surface area contributed by atoms with E-state index in [2.05, 4.69) is 10.4 Å². The summed E-state index contributed by atoms with van der Waals surface area (Å²) in [6.07, 6.45) is 0. The van der Waals surface area contributed by atoms with Crippen molar-refractivity contribution >= 4 is 29.5 Å². The molecule has 0 radical (unpaired) electrons. The summed E-state index contributed by atoms with van der Waals surface area (Å²) in [5, 5.41) is 18.3. The van der Waals surface area contributed by atoms with Crippen LogP contribution in [0.1, 0.15) is 39.4 Å². The van der Waals surface area contributed by atoms with Crippen molar-refractivity contribution in [1.29, 1.82) is 0 Å². The van der Waals surface area contributed by atoms with Crippen molar-refractivity contribution in [3.63, 3.8) is 0 Å². The van der Waals surface area contributed by atoms with Gasteiger partial charge < -0.3 is 15.2 Å². The number of rotatable bonds is 3.